The second kappa shape index (κ2) is 3.18. The number of nitrogens with zero attached hydrogens (tertiary/aromatic N) is 3. The molecule has 0 unspecified atom stereocenters. The molecule has 0 saturated carbocycles. The van der Waals surface area contributed by atoms with E-state index in [0.717, 1.165) is 26.4 Å². The highest BCUT2D eigenvalue weighted by Gasteiger charge is 2.11. The minimum Gasteiger partial charge on any atom is -0.396 e. The smallest absolute Gasteiger partial charge is 0.134 e. The Hall–Kier alpha value is -1.62. The zero-order valence-electron chi connectivity index (χ0n) is 8.61. The lowest BCUT2D eigenvalue weighted by atomic mass is 10.2. The molecule has 0 aliphatic carbocycles. The molecule has 16 heavy (non-hydrogen) atoms. The second-order valence-electron chi connectivity index (χ2n) is 3.73. The molecule has 3 aromatic rings. The van der Waals surface area contributed by atoms with Crippen molar-refractivity contribution in [1.29, 1.82) is 0 Å². The molecule has 0 amide bonds. The van der Waals surface area contributed by atoms with Crippen molar-refractivity contribution in [2.24, 2.45) is 7.05 Å². The highest BCUT2D eigenvalue weighted by Crippen LogP contribution is 2.29. The average Bonchev–Trinajstić information content (AvgIpc) is 2.55. The molecule has 0 atom stereocenters. The van der Waals surface area contributed by atoms with Crippen molar-refractivity contribution in [3.8, 4) is 0 Å². The normalized spacial score (nSPS) is 11.4. The second-order valence-corrected chi connectivity index (χ2v) is 4.58. The lowest BCUT2D eigenvalue weighted by molar-refractivity contribution is 0.971. The first-order valence-electron chi connectivity index (χ1n) is 4.84. The maximum Gasteiger partial charge on any atom is 0.134 e. The fourth-order valence-corrected chi connectivity index (χ4v) is 2.41. The molecule has 0 fully saturated rings. The van der Waals surface area contributed by atoms with Crippen LogP contribution in [0, 0.1) is 0 Å². The minimum atomic E-state index is 0.659. The third-order valence-corrected chi connectivity index (χ3v) is 3.31. The molecule has 0 radical (unpaired) electrons. The predicted molar refractivity (Wildman–Crippen MR) is 68.1 cm³/mol. The van der Waals surface area contributed by atoms with Gasteiger partial charge in [-0.3, -0.25) is 0 Å². The summed E-state index contributed by atoms with van der Waals surface area (Å²) in [4.78, 5) is 0. The standard InChI is InChI=1S/C11H9BrN4/c1-16-5-8(13)10-11(16)6-3-2-4-7(12)9(6)14-15-10/h2-5H,13H2,1H3. The average molecular weight is 277 g/mol. The van der Waals surface area contributed by atoms with Gasteiger partial charge in [-0.25, -0.2) is 0 Å². The molecule has 0 bridgehead atoms. The lowest BCUT2D eigenvalue weighted by Crippen LogP contribution is -1.91. The monoisotopic (exact) mass is 276 g/mol. The summed E-state index contributed by atoms with van der Waals surface area (Å²) in [6, 6.07) is 5.96. The number of aromatic nitrogens is 3. The highest BCUT2D eigenvalue weighted by atomic mass is 79.9. The fourth-order valence-electron chi connectivity index (χ4n) is 1.97. The van der Waals surface area contributed by atoms with Crippen LogP contribution < -0.4 is 5.73 Å². The van der Waals surface area contributed by atoms with Crippen LogP contribution in [0.2, 0.25) is 0 Å². The number of benzene rings is 1. The maximum absolute atomic E-state index is 5.87. The van der Waals surface area contributed by atoms with Crippen LogP contribution in [-0.2, 0) is 7.05 Å². The number of aryl methyl sites for hydroxylation is 1. The van der Waals surface area contributed by atoms with Gasteiger partial charge in [0.1, 0.15) is 11.0 Å². The molecular weight excluding hydrogens is 268 g/mol. The molecule has 3 rings (SSSR count). The maximum atomic E-state index is 5.87. The summed E-state index contributed by atoms with van der Waals surface area (Å²) in [6.07, 6.45) is 1.86. The van der Waals surface area contributed by atoms with E-state index < -0.39 is 0 Å². The number of halogens is 1. The van der Waals surface area contributed by atoms with E-state index in [1.165, 1.54) is 0 Å². The van der Waals surface area contributed by atoms with Crippen LogP contribution in [0.1, 0.15) is 0 Å². The number of hydrogen-bond donors (Lipinski definition) is 1. The van der Waals surface area contributed by atoms with Gasteiger partial charge in [0.25, 0.3) is 0 Å². The quantitative estimate of drug-likeness (QED) is 0.686. The van der Waals surface area contributed by atoms with E-state index in [0.29, 0.717) is 5.69 Å². The zero-order valence-corrected chi connectivity index (χ0v) is 10.2. The Morgan fingerprint density at radius 2 is 2.00 bits per heavy atom. The molecule has 4 nitrogen and oxygen atoms in total. The number of hydrogen-bond acceptors (Lipinski definition) is 3. The summed E-state index contributed by atoms with van der Waals surface area (Å²) < 4.78 is 2.92. The lowest BCUT2D eigenvalue weighted by Gasteiger charge is -2.02. The molecule has 0 spiro atoms. The summed E-state index contributed by atoms with van der Waals surface area (Å²) in [5.41, 5.74) is 9.16. The largest absolute Gasteiger partial charge is 0.396 e. The van der Waals surface area contributed by atoms with Crippen molar-refractivity contribution in [3.05, 3.63) is 28.9 Å². The van der Waals surface area contributed by atoms with E-state index >= 15 is 0 Å². The van der Waals surface area contributed by atoms with E-state index in [9.17, 15) is 0 Å². The van der Waals surface area contributed by atoms with Crippen molar-refractivity contribution in [3.63, 3.8) is 0 Å². The molecule has 2 N–H and O–H groups in total. The van der Waals surface area contributed by atoms with Gasteiger partial charge >= 0.3 is 0 Å². The summed E-state index contributed by atoms with van der Waals surface area (Å²) in [7, 11) is 1.96. The minimum absolute atomic E-state index is 0.659. The number of rotatable bonds is 0. The Balaban J connectivity index is 2.64. The number of fused-ring (bicyclic) bond motifs is 3. The third kappa shape index (κ3) is 1.15. The van der Waals surface area contributed by atoms with E-state index in [4.69, 9.17) is 5.73 Å². The first-order valence-corrected chi connectivity index (χ1v) is 5.63. The van der Waals surface area contributed by atoms with E-state index in [1.54, 1.807) is 0 Å². The predicted octanol–water partition coefficient (Wildman–Crippen LogP) is 2.47. The molecule has 0 aliphatic heterocycles. The molecule has 80 valence electrons. The van der Waals surface area contributed by atoms with Crippen molar-refractivity contribution in [2.75, 3.05) is 5.73 Å². The van der Waals surface area contributed by atoms with Crippen molar-refractivity contribution in [2.45, 2.75) is 0 Å². The molecule has 5 heteroatoms. The fraction of sp³-hybridized carbons (Fsp3) is 0.0909. The third-order valence-electron chi connectivity index (χ3n) is 2.68. The Kier molecular flexibility index (Phi) is 1.91. The van der Waals surface area contributed by atoms with Gasteiger partial charge in [0.05, 0.1) is 11.2 Å². The van der Waals surface area contributed by atoms with Crippen molar-refractivity contribution in [1.82, 2.24) is 14.8 Å². The van der Waals surface area contributed by atoms with E-state index in [2.05, 4.69) is 26.1 Å². The van der Waals surface area contributed by atoms with Crippen LogP contribution in [0.25, 0.3) is 21.9 Å². The summed E-state index contributed by atoms with van der Waals surface area (Å²) in [6.45, 7) is 0. The summed E-state index contributed by atoms with van der Waals surface area (Å²) in [5.74, 6) is 0. The van der Waals surface area contributed by atoms with Crippen LogP contribution in [0.5, 0.6) is 0 Å². The van der Waals surface area contributed by atoms with Crippen molar-refractivity contribution >= 4 is 43.6 Å². The Morgan fingerprint density at radius 1 is 1.25 bits per heavy atom. The first-order chi connectivity index (χ1) is 7.68. The molecule has 2 heterocycles. The van der Waals surface area contributed by atoms with Gasteiger partial charge in [-0.2, -0.15) is 0 Å². The van der Waals surface area contributed by atoms with Gasteiger partial charge in [0, 0.05) is 23.1 Å². The van der Waals surface area contributed by atoms with Gasteiger partial charge in [0.15, 0.2) is 0 Å². The Morgan fingerprint density at radius 3 is 2.81 bits per heavy atom. The Bertz CT molecular complexity index is 702. The molecular formula is C11H9BrN4. The number of nitrogens with two attached hydrogens (primary N) is 1. The van der Waals surface area contributed by atoms with Gasteiger partial charge in [-0.05, 0) is 22.0 Å². The molecule has 0 aliphatic rings. The van der Waals surface area contributed by atoms with Crippen molar-refractivity contribution < 1.29 is 0 Å². The van der Waals surface area contributed by atoms with Crippen LogP contribution in [0.15, 0.2) is 28.9 Å². The van der Waals surface area contributed by atoms with Gasteiger partial charge in [-0.1, -0.05) is 12.1 Å². The summed E-state index contributed by atoms with van der Waals surface area (Å²) in [5, 5.41) is 9.41. The van der Waals surface area contributed by atoms with Gasteiger partial charge < -0.3 is 10.3 Å². The van der Waals surface area contributed by atoms with Gasteiger partial charge in [0.2, 0.25) is 0 Å². The first kappa shape index (κ1) is 9.59. The number of nitrogen functional groups attached to an aromatic ring is 1. The van der Waals surface area contributed by atoms with Crippen LogP contribution in [0.4, 0.5) is 5.69 Å². The highest BCUT2D eigenvalue weighted by molar-refractivity contribution is 9.10. The Labute approximate surface area is 100 Å². The van der Waals surface area contributed by atoms with E-state index in [1.807, 2.05) is 36.0 Å². The summed E-state index contributed by atoms with van der Waals surface area (Å²) >= 11 is 3.47. The van der Waals surface area contributed by atoms with E-state index in [-0.39, 0.29) is 0 Å². The topological polar surface area (TPSA) is 56.7 Å². The van der Waals surface area contributed by atoms with Crippen LogP contribution in [-0.4, -0.2) is 14.8 Å². The van der Waals surface area contributed by atoms with Crippen LogP contribution in [0.3, 0.4) is 0 Å². The molecule has 2 aromatic heterocycles. The van der Waals surface area contributed by atoms with Crippen LogP contribution >= 0.6 is 15.9 Å². The number of anilines is 1. The zero-order chi connectivity index (χ0) is 11.3. The molecule has 0 saturated heterocycles. The van der Waals surface area contributed by atoms with Gasteiger partial charge in [-0.15, -0.1) is 10.2 Å². The SMILES string of the molecule is Cn1cc(N)c2nnc3c(Br)cccc3c21. The molecule has 1 aromatic carbocycles.